The maximum atomic E-state index is 14.3. The molecule has 0 bridgehead atoms. The number of halogens is 1. The summed E-state index contributed by atoms with van der Waals surface area (Å²) in [6.07, 6.45) is 7.71. The number of amidine groups is 1. The van der Waals surface area contributed by atoms with Gasteiger partial charge >= 0.3 is 0 Å². The minimum absolute atomic E-state index is 0.0311. The number of anilines is 1. The van der Waals surface area contributed by atoms with E-state index in [9.17, 15) is 4.79 Å². The van der Waals surface area contributed by atoms with E-state index in [-0.39, 0.29) is 17.4 Å². The summed E-state index contributed by atoms with van der Waals surface area (Å²) in [5, 5.41) is 0.678. The zero-order chi connectivity index (χ0) is 23.2. The van der Waals surface area contributed by atoms with Crippen molar-refractivity contribution in [2.75, 3.05) is 18.0 Å². The van der Waals surface area contributed by atoms with Crippen LogP contribution in [0.2, 0.25) is 5.02 Å². The van der Waals surface area contributed by atoms with E-state index in [1.165, 1.54) is 24.8 Å². The second-order valence-electron chi connectivity index (χ2n) is 10.2. The van der Waals surface area contributed by atoms with Crippen molar-refractivity contribution in [3.05, 3.63) is 58.1 Å². The van der Waals surface area contributed by atoms with Crippen LogP contribution >= 0.6 is 11.6 Å². The molecular weight excluding hydrogens is 430 g/mol. The summed E-state index contributed by atoms with van der Waals surface area (Å²) < 4.78 is 0. The molecule has 1 amide bonds. The maximum absolute atomic E-state index is 14.3. The number of aliphatic imine (C=N–C) groups is 1. The van der Waals surface area contributed by atoms with E-state index in [0.717, 1.165) is 67.1 Å². The number of hydrogen-bond acceptors (Lipinski definition) is 3. The third-order valence-corrected chi connectivity index (χ3v) is 8.08. The second-order valence-corrected chi connectivity index (χ2v) is 10.6. The Bertz CT molecular complexity index is 1060. The van der Waals surface area contributed by atoms with Crippen LogP contribution in [0.1, 0.15) is 61.6 Å². The molecule has 4 nitrogen and oxygen atoms in total. The van der Waals surface area contributed by atoms with Crippen LogP contribution in [0.4, 0.5) is 11.4 Å². The predicted molar refractivity (Wildman–Crippen MR) is 137 cm³/mol. The van der Waals surface area contributed by atoms with Crippen LogP contribution in [0.15, 0.2) is 41.4 Å². The first-order valence-electron chi connectivity index (χ1n) is 12.4. The fourth-order valence-corrected chi connectivity index (χ4v) is 6.54. The predicted octanol–water partition coefficient (Wildman–Crippen LogP) is 6.76. The van der Waals surface area contributed by atoms with E-state index < -0.39 is 0 Å². The average Bonchev–Trinajstić information content (AvgIpc) is 3.38. The molecule has 2 aliphatic heterocycles. The summed E-state index contributed by atoms with van der Waals surface area (Å²) in [5.74, 6) is 1.13. The van der Waals surface area contributed by atoms with Crippen LogP contribution in [0, 0.1) is 26.2 Å². The van der Waals surface area contributed by atoms with E-state index >= 15 is 0 Å². The third kappa shape index (κ3) is 3.91. The Morgan fingerprint density at radius 1 is 0.909 bits per heavy atom. The standard InChI is InChI=1S/C28H34ClN3O/c1-19-17-20(2)24(21(3)18-19)30-26-25(31-15-7-8-16-31)28(13-5-4-6-14-28)27(33)32(26)23-11-9-22(29)10-12-23/h9-12,17-18,25H,4-8,13-16H2,1-3H3/t25-/m0/s1. The number of aryl methyl sites for hydroxylation is 3. The van der Waals surface area contributed by atoms with Gasteiger partial charge in [-0.25, -0.2) is 4.99 Å². The number of hydrogen-bond donors (Lipinski definition) is 0. The van der Waals surface area contributed by atoms with Crippen LogP contribution in [0.5, 0.6) is 0 Å². The van der Waals surface area contributed by atoms with Crippen molar-refractivity contribution in [2.24, 2.45) is 10.4 Å². The molecule has 3 fully saturated rings. The monoisotopic (exact) mass is 463 g/mol. The van der Waals surface area contributed by atoms with Crippen molar-refractivity contribution in [3.8, 4) is 0 Å². The highest BCUT2D eigenvalue weighted by molar-refractivity contribution is 6.31. The Kier molecular flexibility index (Phi) is 6.09. The summed E-state index contributed by atoms with van der Waals surface area (Å²) >= 11 is 6.21. The van der Waals surface area contributed by atoms with Crippen molar-refractivity contribution < 1.29 is 4.79 Å². The highest BCUT2D eigenvalue weighted by Crippen LogP contribution is 2.50. The lowest BCUT2D eigenvalue weighted by atomic mass is 9.69. The Morgan fingerprint density at radius 2 is 1.52 bits per heavy atom. The molecule has 1 atom stereocenters. The second kappa shape index (κ2) is 8.88. The molecule has 1 aliphatic carbocycles. The first kappa shape index (κ1) is 22.6. The van der Waals surface area contributed by atoms with Gasteiger partial charge in [0.1, 0.15) is 5.84 Å². The molecule has 33 heavy (non-hydrogen) atoms. The van der Waals surface area contributed by atoms with E-state index in [1.807, 2.05) is 29.2 Å². The molecule has 0 N–H and O–H groups in total. The highest BCUT2D eigenvalue weighted by atomic mass is 35.5. The molecule has 2 aromatic carbocycles. The summed E-state index contributed by atoms with van der Waals surface area (Å²) in [6.45, 7) is 8.46. The number of rotatable bonds is 3. The lowest BCUT2D eigenvalue weighted by molar-refractivity contribution is -0.129. The molecule has 5 rings (SSSR count). The van der Waals surface area contributed by atoms with Gasteiger partial charge in [0.05, 0.1) is 22.8 Å². The Morgan fingerprint density at radius 3 is 2.12 bits per heavy atom. The Hall–Kier alpha value is -2.17. The van der Waals surface area contributed by atoms with E-state index in [0.29, 0.717) is 5.02 Å². The van der Waals surface area contributed by atoms with Crippen LogP contribution in [0.3, 0.4) is 0 Å². The van der Waals surface area contributed by atoms with Crippen LogP contribution in [-0.4, -0.2) is 35.8 Å². The van der Waals surface area contributed by atoms with Gasteiger partial charge in [-0.3, -0.25) is 14.6 Å². The van der Waals surface area contributed by atoms with Gasteiger partial charge < -0.3 is 0 Å². The topological polar surface area (TPSA) is 35.9 Å². The van der Waals surface area contributed by atoms with Gasteiger partial charge in [-0.2, -0.15) is 0 Å². The van der Waals surface area contributed by atoms with Gasteiger partial charge in [0.25, 0.3) is 0 Å². The average molecular weight is 464 g/mol. The fourth-order valence-electron chi connectivity index (χ4n) is 6.41. The molecule has 1 saturated carbocycles. The molecule has 0 aromatic heterocycles. The van der Waals surface area contributed by atoms with Gasteiger partial charge in [0.15, 0.2) is 0 Å². The minimum Gasteiger partial charge on any atom is -0.293 e. The van der Waals surface area contributed by atoms with Gasteiger partial charge in [-0.1, -0.05) is 48.6 Å². The van der Waals surface area contributed by atoms with Gasteiger partial charge in [-0.15, -0.1) is 0 Å². The van der Waals surface area contributed by atoms with Crippen molar-refractivity contribution in [1.29, 1.82) is 0 Å². The van der Waals surface area contributed by atoms with E-state index in [1.54, 1.807) is 0 Å². The summed E-state index contributed by atoms with van der Waals surface area (Å²) in [5.41, 5.74) is 5.05. The van der Waals surface area contributed by atoms with E-state index in [2.05, 4.69) is 37.8 Å². The molecule has 0 radical (unpaired) electrons. The van der Waals surface area contributed by atoms with Gasteiger partial charge in [-0.05, 0) is 94.9 Å². The zero-order valence-corrected chi connectivity index (χ0v) is 20.8. The van der Waals surface area contributed by atoms with Crippen molar-refractivity contribution in [3.63, 3.8) is 0 Å². The normalized spacial score (nSPS) is 24.4. The Balaban J connectivity index is 1.73. The van der Waals surface area contributed by atoms with Gasteiger partial charge in [0.2, 0.25) is 5.91 Å². The third-order valence-electron chi connectivity index (χ3n) is 7.82. The number of carbonyl (C=O) groups excluding carboxylic acids is 1. The quantitative estimate of drug-likeness (QED) is 0.504. The molecule has 2 aromatic rings. The number of amides is 1. The lowest BCUT2D eigenvalue weighted by Crippen LogP contribution is -2.50. The first-order valence-corrected chi connectivity index (χ1v) is 12.8. The van der Waals surface area contributed by atoms with Crippen molar-refractivity contribution in [1.82, 2.24) is 4.90 Å². The number of likely N-dealkylation sites (tertiary alicyclic amines) is 1. The first-order chi connectivity index (χ1) is 15.9. The van der Waals surface area contributed by atoms with Crippen molar-refractivity contribution >= 4 is 34.7 Å². The molecule has 3 aliphatic rings. The molecule has 0 unspecified atom stereocenters. The van der Waals surface area contributed by atoms with Crippen LogP contribution < -0.4 is 4.90 Å². The molecule has 2 heterocycles. The lowest BCUT2D eigenvalue weighted by Gasteiger charge is -2.39. The van der Waals surface area contributed by atoms with Crippen molar-refractivity contribution in [2.45, 2.75) is 71.8 Å². The Labute approximate surface area is 202 Å². The zero-order valence-electron chi connectivity index (χ0n) is 20.0. The highest BCUT2D eigenvalue weighted by Gasteiger charge is 2.60. The smallest absolute Gasteiger partial charge is 0.240 e. The molecule has 174 valence electrons. The number of benzene rings is 2. The minimum atomic E-state index is -0.381. The molecule has 5 heteroatoms. The fraction of sp³-hybridized carbons (Fsp3) is 0.500. The molecular formula is C28H34ClN3O. The number of nitrogens with zero attached hydrogens (tertiary/aromatic N) is 3. The largest absolute Gasteiger partial charge is 0.293 e. The van der Waals surface area contributed by atoms with Crippen LogP contribution in [-0.2, 0) is 4.79 Å². The molecule has 1 spiro atoms. The summed E-state index contributed by atoms with van der Waals surface area (Å²) in [4.78, 5) is 24.2. The molecule has 2 saturated heterocycles. The number of carbonyl (C=O) groups is 1. The summed E-state index contributed by atoms with van der Waals surface area (Å²) in [7, 11) is 0. The maximum Gasteiger partial charge on any atom is 0.240 e. The SMILES string of the molecule is Cc1cc(C)c(N=C2[C@H](N3CCCC3)C3(CCCCC3)C(=O)N2c2ccc(Cl)cc2)c(C)c1. The van der Waals surface area contributed by atoms with Crippen LogP contribution in [0.25, 0.3) is 0 Å². The summed E-state index contributed by atoms with van der Waals surface area (Å²) in [6, 6.07) is 12.1. The van der Waals surface area contributed by atoms with E-state index in [4.69, 9.17) is 16.6 Å². The van der Waals surface area contributed by atoms with Gasteiger partial charge in [0, 0.05) is 5.02 Å².